The smallest absolute Gasteiger partial charge is 0.408 e. The third kappa shape index (κ3) is 5.87. The summed E-state index contributed by atoms with van der Waals surface area (Å²) < 4.78 is 5.03. The Morgan fingerprint density at radius 1 is 1.40 bits per heavy atom. The van der Waals surface area contributed by atoms with E-state index in [1.165, 1.54) is 18.3 Å². The topological polar surface area (TPSA) is 88.5 Å². The summed E-state index contributed by atoms with van der Waals surface area (Å²) in [4.78, 5) is 25.8. The van der Waals surface area contributed by atoms with E-state index in [0.717, 1.165) is 0 Å². The average Bonchev–Trinajstić information content (AvgIpc) is 2.33. The zero-order valence-corrected chi connectivity index (χ0v) is 11.6. The first-order chi connectivity index (χ1) is 9.28. The summed E-state index contributed by atoms with van der Waals surface area (Å²) in [6.07, 6.45) is 0.689. The monoisotopic (exact) mass is 276 g/mol. The number of amides is 1. The van der Waals surface area contributed by atoms with Crippen LogP contribution in [-0.2, 0) is 4.74 Å². The van der Waals surface area contributed by atoms with Crippen molar-refractivity contribution in [3.63, 3.8) is 0 Å². The SMILES string of the molecule is CC(C)(C)OC(=O)NCC#Cc1ccc(C(=O)O)cn1. The maximum absolute atomic E-state index is 11.3. The first-order valence-corrected chi connectivity index (χ1v) is 5.93. The van der Waals surface area contributed by atoms with Gasteiger partial charge in [-0.05, 0) is 38.8 Å². The number of carboxylic acid groups (broad SMARTS) is 1. The fourth-order valence-corrected chi connectivity index (χ4v) is 1.16. The van der Waals surface area contributed by atoms with Gasteiger partial charge in [-0.2, -0.15) is 0 Å². The number of alkyl carbamates (subject to hydrolysis) is 1. The van der Waals surface area contributed by atoms with Crippen LogP contribution in [0.2, 0.25) is 0 Å². The van der Waals surface area contributed by atoms with E-state index in [4.69, 9.17) is 9.84 Å². The van der Waals surface area contributed by atoms with Crippen molar-refractivity contribution < 1.29 is 19.4 Å². The molecule has 1 aromatic rings. The second-order valence-electron chi connectivity index (χ2n) is 4.89. The highest BCUT2D eigenvalue weighted by atomic mass is 16.6. The normalized spacial score (nSPS) is 10.2. The summed E-state index contributed by atoms with van der Waals surface area (Å²) in [5.74, 6) is 4.36. The largest absolute Gasteiger partial charge is 0.478 e. The minimum atomic E-state index is -1.04. The number of aromatic nitrogens is 1. The van der Waals surface area contributed by atoms with Gasteiger partial charge in [0.15, 0.2) is 0 Å². The fourth-order valence-electron chi connectivity index (χ4n) is 1.16. The number of carboxylic acids is 1. The van der Waals surface area contributed by atoms with E-state index in [1.807, 2.05) is 0 Å². The molecular weight excluding hydrogens is 260 g/mol. The molecule has 0 atom stereocenters. The van der Waals surface area contributed by atoms with Gasteiger partial charge in [-0.25, -0.2) is 14.6 Å². The predicted octanol–water partition coefficient (Wildman–Crippen LogP) is 1.66. The number of nitrogens with one attached hydrogen (secondary N) is 1. The van der Waals surface area contributed by atoms with E-state index in [2.05, 4.69) is 22.1 Å². The molecule has 0 fully saturated rings. The van der Waals surface area contributed by atoms with E-state index >= 15 is 0 Å². The van der Waals surface area contributed by atoms with Crippen molar-refractivity contribution in [1.82, 2.24) is 10.3 Å². The lowest BCUT2D eigenvalue weighted by Crippen LogP contribution is -2.32. The summed E-state index contributed by atoms with van der Waals surface area (Å²) in [5, 5.41) is 11.2. The molecule has 0 aliphatic heterocycles. The molecule has 0 spiro atoms. The molecule has 0 aliphatic rings. The first-order valence-electron chi connectivity index (χ1n) is 5.93. The van der Waals surface area contributed by atoms with Gasteiger partial charge in [-0.3, -0.25) is 0 Å². The lowest BCUT2D eigenvalue weighted by atomic mass is 10.2. The van der Waals surface area contributed by atoms with Crippen LogP contribution in [0.25, 0.3) is 0 Å². The third-order valence-electron chi connectivity index (χ3n) is 1.95. The van der Waals surface area contributed by atoms with Crippen LogP contribution in [0, 0.1) is 11.8 Å². The lowest BCUT2D eigenvalue weighted by Gasteiger charge is -2.18. The van der Waals surface area contributed by atoms with Gasteiger partial charge in [0.05, 0.1) is 12.1 Å². The molecule has 2 N–H and O–H groups in total. The molecule has 0 aliphatic carbocycles. The first kappa shape index (κ1) is 15.5. The van der Waals surface area contributed by atoms with Crippen molar-refractivity contribution in [3.05, 3.63) is 29.6 Å². The van der Waals surface area contributed by atoms with Crippen LogP contribution >= 0.6 is 0 Å². The molecule has 1 rings (SSSR count). The van der Waals surface area contributed by atoms with Crippen LogP contribution in [0.4, 0.5) is 4.79 Å². The molecular formula is C14H16N2O4. The molecule has 1 amide bonds. The van der Waals surface area contributed by atoms with Crippen LogP contribution in [-0.4, -0.2) is 34.3 Å². The molecule has 0 saturated carbocycles. The van der Waals surface area contributed by atoms with Crippen molar-refractivity contribution in [2.45, 2.75) is 26.4 Å². The van der Waals surface area contributed by atoms with Gasteiger partial charge < -0.3 is 15.2 Å². The van der Waals surface area contributed by atoms with Crippen LogP contribution in [0.1, 0.15) is 36.8 Å². The number of hydrogen-bond acceptors (Lipinski definition) is 4. The second kappa shape index (κ2) is 6.57. The van der Waals surface area contributed by atoms with Crippen molar-refractivity contribution in [2.75, 3.05) is 6.54 Å². The Hall–Kier alpha value is -2.55. The fraction of sp³-hybridized carbons (Fsp3) is 0.357. The van der Waals surface area contributed by atoms with Crippen LogP contribution in [0.3, 0.4) is 0 Å². The van der Waals surface area contributed by atoms with Crippen molar-refractivity contribution in [3.8, 4) is 11.8 Å². The van der Waals surface area contributed by atoms with E-state index in [-0.39, 0.29) is 12.1 Å². The van der Waals surface area contributed by atoms with Gasteiger partial charge in [0, 0.05) is 6.20 Å². The molecule has 0 unspecified atom stereocenters. The molecule has 1 heterocycles. The molecule has 0 saturated heterocycles. The minimum absolute atomic E-state index is 0.0995. The zero-order chi connectivity index (χ0) is 15.2. The van der Waals surface area contributed by atoms with E-state index < -0.39 is 17.7 Å². The minimum Gasteiger partial charge on any atom is -0.478 e. The summed E-state index contributed by atoms with van der Waals surface area (Å²) in [5.41, 5.74) is -0.0189. The van der Waals surface area contributed by atoms with Crippen LogP contribution in [0.5, 0.6) is 0 Å². The third-order valence-corrected chi connectivity index (χ3v) is 1.95. The molecule has 20 heavy (non-hydrogen) atoms. The molecule has 106 valence electrons. The number of ether oxygens (including phenoxy) is 1. The standard InChI is InChI=1S/C14H16N2O4/c1-14(2,3)20-13(19)15-8-4-5-11-7-6-10(9-16-11)12(17)18/h6-7,9H,8H2,1-3H3,(H,15,19)(H,17,18). The number of pyridine rings is 1. The van der Waals surface area contributed by atoms with Gasteiger partial charge in [-0.15, -0.1) is 0 Å². The van der Waals surface area contributed by atoms with E-state index in [1.54, 1.807) is 20.8 Å². The maximum atomic E-state index is 11.3. The highest BCUT2D eigenvalue weighted by molar-refractivity contribution is 5.87. The number of carbonyl (C=O) groups is 2. The Labute approximate surface area is 117 Å². The molecule has 1 aromatic heterocycles. The Morgan fingerprint density at radius 3 is 2.60 bits per heavy atom. The highest BCUT2D eigenvalue weighted by Gasteiger charge is 2.14. The Bertz CT molecular complexity index is 547. The highest BCUT2D eigenvalue weighted by Crippen LogP contribution is 2.06. The number of nitrogens with zero attached hydrogens (tertiary/aromatic N) is 1. The second-order valence-corrected chi connectivity index (χ2v) is 4.89. The van der Waals surface area contributed by atoms with Crippen LogP contribution in [0.15, 0.2) is 18.3 Å². The van der Waals surface area contributed by atoms with Crippen LogP contribution < -0.4 is 5.32 Å². The summed E-state index contributed by atoms with van der Waals surface area (Å²) in [6.45, 7) is 5.43. The predicted molar refractivity (Wildman–Crippen MR) is 72.3 cm³/mol. The number of aromatic carboxylic acids is 1. The molecule has 0 aromatic carbocycles. The Kier molecular flexibility index (Phi) is 5.09. The van der Waals surface area contributed by atoms with Crippen molar-refractivity contribution in [1.29, 1.82) is 0 Å². The van der Waals surface area contributed by atoms with Gasteiger partial charge in [-0.1, -0.05) is 5.92 Å². The van der Waals surface area contributed by atoms with Gasteiger partial charge in [0.25, 0.3) is 0 Å². The summed E-state index contributed by atoms with van der Waals surface area (Å²) in [6, 6.07) is 2.92. The van der Waals surface area contributed by atoms with Gasteiger partial charge in [0.1, 0.15) is 11.3 Å². The summed E-state index contributed by atoms with van der Waals surface area (Å²) >= 11 is 0. The Morgan fingerprint density at radius 2 is 2.10 bits per heavy atom. The molecule has 0 radical (unpaired) electrons. The van der Waals surface area contributed by atoms with Gasteiger partial charge >= 0.3 is 12.1 Å². The summed E-state index contributed by atoms with van der Waals surface area (Å²) in [7, 11) is 0. The Balaban J connectivity index is 2.47. The number of rotatable bonds is 2. The number of carbonyl (C=O) groups excluding carboxylic acids is 1. The lowest BCUT2D eigenvalue weighted by molar-refractivity contribution is 0.0534. The molecule has 6 nitrogen and oxygen atoms in total. The van der Waals surface area contributed by atoms with Crippen molar-refractivity contribution >= 4 is 12.1 Å². The van der Waals surface area contributed by atoms with E-state index in [9.17, 15) is 9.59 Å². The van der Waals surface area contributed by atoms with Gasteiger partial charge in [0.2, 0.25) is 0 Å². The van der Waals surface area contributed by atoms with E-state index in [0.29, 0.717) is 5.69 Å². The quantitative estimate of drug-likeness (QED) is 0.802. The average molecular weight is 276 g/mol. The van der Waals surface area contributed by atoms with Crippen molar-refractivity contribution in [2.24, 2.45) is 0 Å². The zero-order valence-electron chi connectivity index (χ0n) is 11.6. The molecule has 6 heteroatoms. The maximum Gasteiger partial charge on any atom is 0.408 e. The molecule has 0 bridgehead atoms. The number of hydrogen-bond donors (Lipinski definition) is 2.